The second-order valence-electron chi connectivity index (χ2n) is 3.94. The van der Waals surface area contributed by atoms with Crippen LogP contribution < -0.4 is 10.6 Å². The van der Waals surface area contributed by atoms with Gasteiger partial charge in [-0.25, -0.2) is 4.79 Å². The number of benzene rings is 1. The first kappa shape index (κ1) is 16.1. The molecule has 0 radical (unpaired) electrons. The van der Waals surface area contributed by atoms with Crippen molar-refractivity contribution < 1.29 is 24.0 Å². The van der Waals surface area contributed by atoms with E-state index in [4.69, 9.17) is 0 Å². The van der Waals surface area contributed by atoms with Gasteiger partial charge in [-0.2, -0.15) is 0 Å². The maximum Gasteiger partial charge on any atom is 0.328 e. The van der Waals surface area contributed by atoms with Crippen molar-refractivity contribution >= 4 is 30.2 Å². The molecule has 0 saturated heterocycles. The largest absolute Gasteiger partial charge is 0.467 e. The second-order valence-corrected chi connectivity index (χ2v) is 3.94. The minimum absolute atomic E-state index is 0.0215. The van der Waals surface area contributed by atoms with E-state index in [1.807, 2.05) is 0 Å². The zero-order chi connectivity index (χ0) is 15.8. The first-order chi connectivity index (χ1) is 10.0. The summed E-state index contributed by atoms with van der Waals surface area (Å²) in [5.74, 6) is -0.667. The fourth-order valence-corrected chi connectivity index (χ4v) is 1.71. The van der Waals surface area contributed by atoms with Crippen LogP contribution in [0, 0.1) is 10.1 Å². The number of rotatable bonds is 8. The molecule has 9 heteroatoms. The third kappa shape index (κ3) is 4.27. The summed E-state index contributed by atoms with van der Waals surface area (Å²) in [5, 5.41) is 15.4. The molecule has 0 heterocycles. The first-order valence-electron chi connectivity index (χ1n) is 5.78. The van der Waals surface area contributed by atoms with Crippen LogP contribution in [0.25, 0.3) is 0 Å². The van der Waals surface area contributed by atoms with Crippen LogP contribution in [0.3, 0.4) is 0 Å². The Hall–Kier alpha value is -2.97. The maximum absolute atomic E-state index is 11.5. The molecule has 0 aliphatic rings. The molecule has 2 N–H and O–H groups in total. The minimum Gasteiger partial charge on any atom is -0.467 e. The van der Waals surface area contributed by atoms with Crippen molar-refractivity contribution in [1.82, 2.24) is 5.32 Å². The van der Waals surface area contributed by atoms with E-state index in [0.717, 1.165) is 0 Å². The van der Waals surface area contributed by atoms with E-state index in [-0.39, 0.29) is 17.8 Å². The zero-order valence-corrected chi connectivity index (χ0v) is 11.1. The lowest BCUT2D eigenvalue weighted by Crippen LogP contribution is -2.38. The molecule has 1 aromatic carbocycles. The Morgan fingerprint density at radius 2 is 2.14 bits per heavy atom. The van der Waals surface area contributed by atoms with Crippen LogP contribution in [-0.4, -0.2) is 36.9 Å². The van der Waals surface area contributed by atoms with Gasteiger partial charge in [-0.05, 0) is 11.6 Å². The molecule has 0 fully saturated rings. The molecule has 112 valence electrons. The van der Waals surface area contributed by atoms with Gasteiger partial charge in [0.25, 0.3) is 5.69 Å². The Bertz CT molecular complexity index is 560. The Balaban J connectivity index is 3.04. The average molecular weight is 295 g/mol. The molecule has 2 amide bonds. The van der Waals surface area contributed by atoms with Crippen LogP contribution in [0.15, 0.2) is 18.2 Å². The van der Waals surface area contributed by atoms with Crippen LogP contribution >= 0.6 is 0 Å². The molecular weight excluding hydrogens is 282 g/mol. The van der Waals surface area contributed by atoms with Gasteiger partial charge in [0, 0.05) is 12.5 Å². The van der Waals surface area contributed by atoms with Gasteiger partial charge in [-0.15, -0.1) is 0 Å². The van der Waals surface area contributed by atoms with E-state index in [1.165, 1.54) is 25.3 Å². The number of hydrogen-bond acceptors (Lipinski definition) is 6. The molecular formula is C12H13N3O6. The number of carbonyl (C=O) groups excluding carboxylic acids is 3. The summed E-state index contributed by atoms with van der Waals surface area (Å²) < 4.78 is 4.52. The van der Waals surface area contributed by atoms with Crippen molar-refractivity contribution in [3.8, 4) is 0 Å². The lowest BCUT2D eigenvalue weighted by atomic mass is 10.0. The Kier molecular flexibility index (Phi) is 5.80. The van der Waals surface area contributed by atoms with Crippen LogP contribution in [-0.2, 0) is 25.5 Å². The summed E-state index contributed by atoms with van der Waals surface area (Å²) in [7, 11) is 1.17. The second kappa shape index (κ2) is 7.58. The number of esters is 1. The number of methoxy groups -OCH3 is 1. The maximum atomic E-state index is 11.5. The normalized spacial score (nSPS) is 11.1. The van der Waals surface area contributed by atoms with E-state index in [1.54, 1.807) is 0 Å². The Morgan fingerprint density at radius 3 is 2.67 bits per heavy atom. The standard InChI is InChI=1S/C12H13N3O6/c1-21-12(18)10(14-7-17)4-8-2-3-9(13-6-16)11(5-8)15(19)20/h2-3,5-7,10H,4H2,1H3,(H,13,16)(H,14,17). The minimum atomic E-state index is -0.947. The van der Waals surface area contributed by atoms with Gasteiger partial charge in [0.2, 0.25) is 12.8 Å². The van der Waals surface area contributed by atoms with Crippen molar-refractivity contribution in [3.05, 3.63) is 33.9 Å². The van der Waals surface area contributed by atoms with Crippen LogP contribution in [0.5, 0.6) is 0 Å². The Morgan fingerprint density at radius 1 is 1.43 bits per heavy atom. The summed E-state index contributed by atoms with van der Waals surface area (Å²) in [6.45, 7) is 0. The van der Waals surface area contributed by atoms with Crippen molar-refractivity contribution in [2.24, 2.45) is 0 Å². The van der Waals surface area contributed by atoms with Crippen molar-refractivity contribution in [3.63, 3.8) is 0 Å². The first-order valence-corrected chi connectivity index (χ1v) is 5.78. The molecule has 1 atom stereocenters. The van der Waals surface area contributed by atoms with Crippen LogP contribution in [0.2, 0.25) is 0 Å². The predicted molar refractivity (Wildman–Crippen MR) is 71.5 cm³/mol. The summed E-state index contributed by atoms with van der Waals surface area (Å²) in [6.07, 6.45) is 0.694. The van der Waals surface area contributed by atoms with Gasteiger partial charge in [0.1, 0.15) is 11.7 Å². The lowest BCUT2D eigenvalue weighted by Gasteiger charge is -2.13. The van der Waals surface area contributed by atoms with Gasteiger partial charge in [0.05, 0.1) is 12.0 Å². The van der Waals surface area contributed by atoms with Crippen molar-refractivity contribution in [2.45, 2.75) is 12.5 Å². The summed E-state index contributed by atoms with van der Waals surface area (Å²) in [5.41, 5.74) is 0.161. The smallest absolute Gasteiger partial charge is 0.328 e. The number of anilines is 1. The number of nitro groups is 1. The molecule has 1 aromatic rings. The number of amides is 2. The number of nitrogens with zero attached hydrogens (tertiary/aromatic N) is 1. The quantitative estimate of drug-likeness (QED) is 0.300. The fraction of sp³-hybridized carbons (Fsp3) is 0.250. The number of nitrogens with one attached hydrogen (secondary N) is 2. The van der Waals surface area contributed by atoms with Gasteiger partial charge >= 0.3 is 5.97 Å². The summed E-state index contributed by atoms with van der Waals surface area (Å²) >= 11 is 0. The highest BCUT2D eigenvalue weighted by Gasteiger charge is 2.21. The highest BCUT2D eigenvalue weighted by atomic mass is 16.6. The van der Waals surface area contributed by atoms with E-state index in [9.17, 15) is 24.5 Å². The van der Waals surface area contributed by atoms with Gasteiger partial charge in [0.15, 0.2) is 0 Å². The lowest BCUT2D eigenvalue weighted by molar-refractivity contribution is -0.384. The van der Waals surface area contributed by atoms with Gasteiger partial charge in [-0.3, -0.25) is 19.7 Å². The van der Waals surface area contributed by atoms with E-state index >= 15 is 0 Å². The van der Waals surface area contributed by atoms with Gasteiger partial charge < -0.3 is 15.4 Å². The molecule has 1 rings (SSSR count). The highest BCUT2D eigenvalue weighted by Crippen LogP contribution is 2.25. The average Bonchev–Trinajstić information content (AvgIpc) is 2.47. The van der Waals surface area contributed by atoms with E-state index < -0.39 is 16.9 Å². The summed E-state index contributed by atoms with van der Waals surface area (Å²) in [6, 6.07) is 3.11. The SMILES string of the molecule is COC(=O)C(Cc1ccc(NC=O)c([N+](=O)[O-])c1)NC=O. The fourth-order valence-electron chi connectivity index (χ4n) is 1.71. The van der Waals surface area contributed by atoms with E-state index in [2.05, 4.69) is 15.4 Å². The van der Waals surface area contributed by atoms with Gasteiger partial charge in [-0.1, -0.05) is 6.07 Å². The monoisotopic (exact) mass is 295 g/mol. The molecule has 0 aromatic heterocycles. The summed E-state index contributed by atoms with van der Waals surface area (Å²) in [4.78, 5) is 42.6. The molecule has 0 saturated carbocycles. The van der Waals surface area contributed by atoms with Crippen molar-refractivity contribution in [1.29, 1.82) is 0 Å². The number of ether oxygens (including phenoxy) is 1. The molecule has 0 aliphatic carbocycles. The molecule has 9 nitrogen and oxygen atoms in total. The van der Waals surface area contributed by atoms with Crippen LogP contribution in [0.1, 0.15) is 5.56 Å². The Labute approximate surface area is 119 Å². The predicted octanol–water partition coefficient (Wildman–Crippen LogP) is -0.00680. The molecule has 0 aliphatic heterocycles. The topological polar surface area (TPSA) is 128 Å². The molecule has 21 heavy (non-hydrogen) atoms. The van der Waals surface area contributed by atoms with E-state index in [0.29, 0.717) is 18.4 Å². The molecule has 0 bridgehead atoms. The zero-order valence-electron chi connectivity index (χ0n) is 11.1. The third-order valence-corrected chi connectivity index (χ3v) is 2.67. The number of carbonyl (C=O) groups is 3. The van der Waals surface area contributed by atoms with Crippen molar-refractivity contribution in [2.75, 3.05) is 12.4 Å². The molecule has 1 unspecified atom stereocenters. The van der Waals surface area contributed by atoms with Crippen LogP contribution in [0.4, 0.5) is 11.4 Å². The number of nitro benzene ring substituents is 1. The highest BCUT2D eigenvalue weighted by molar-refractivity contribution is 5.79. The third-order valence-electron chi connectivity index (χ3n) is 2.67. The number of hydrogen-bond donors (Lipinski definition) is 2. The molecule has 0 spiro atoms.